The molecule has 0 aliphatic carbocycles. The lowest BCUT2D eigenvalue weighted by atomic mass is 10.1. The number of hydrogen-bond donors (Lipinski definition) is 2. The van der Waals surface area contributed by atoms with Crippen LogP contribution in [-0.4, -0.2) is 16.0 Å². The van der Waals surface area contributed by atoms with Crippen LogP contribution in [0.4, 0.5) is 11.6 Å². The third-order valence-corrected chi connectivity index (χ3v) is 2.76. The first-order chi connectivity index (χ1) is 8.74. The van der Waals surface area contributed by atoms with Crippen LogP contribution in [-0.2, 0) is 6.42 Å². The maximum atomic E-state index is 5.54. The van der Waals surface area contributed by atoms with Crippen LogP contribution in [0.5, 0.6) is 0 Å². The van der Waals surface area contributed by atoms with E-state index < -0.39 is 0 Å². The van der Waals surface area contributed by atoms with Crippen molar-refractivity contribution < 1.29 is 0 Å². The number of nitrogens with two attached hydrogens (primary N) is 1. The second kappa shape index (κ2) is 6.00. The van der Waals surface area contributed by atoms with Crippen LogP contribution in [0.25, 0.3) is 0 Å². The molecule has 1 aromatic heterocycles. The number of hydrogen-bond acceptors (Lipinski definition) is 4. The molecule has 1 atom stereocenters. The monoisotopic (exact) mass is 242 g/mol. The normalized spacial score (nSPS) is 12.1. The van der Waals surface area contributed by atoms with Gasteiger partial charge in [0.05, 0.1) is 18.1 Å². The first kappa shape index (κ1) is 12.4. The largest absolute Gasteiger partial charge is 0.396 e. The van der Waals surface area contributed by atoms with Gasteiger partial charge in [-0.1, -0.05) is 30.3 Å². The molecule has 0 spiro atoms. The van der Waals surface area contributed by atoms with E-state index in [9.17, 15) is 0 Å². The van der Waals surface area contributed by atoms with Gasteiger partial charge in [0.15, 0.2) is 0 Å². The Hall–Kier alpha value is -2.10. The summed E-state index contributed by atoms with van der Waals surface area (Å²) in [7, 11) is 0. The lowest BCUT2D eigenvalue weighted by Crippen LogP contribution is -2.17. The maximum absolute atomic E-state index is 5.54. The Labute approximate surface area is 107 Å². The van der Waals surface area contributed by atoms with E-state index in [4.69, 9.17) is 5.73 Å². The van der Waals surface area contributed by atoms with Crippen LogP contribution in [0.2, 0.25) is 0 Å². The fraction of sp³-hybridized carbons (Fsp3) is 0.286. The molecule has 2 rings (SSSR count). The van der Waals surface area contributed by atoms with E-state index in [1.165, 1.54) is 5.56 Å². The Morgan fingerprint density at radius 1 is 1.17 bits per heavy atom. The highest BCUT2D eigenvalue weighted by atomic mass is 15.1. The topological polar surface area (TPSA) is 63.8 Å². The Kier molecular flexibility index (Phi) is 4.12. The van der Waals surface area contributed by atoms with Gasteiger partial charge in [-0.2, -0.15) is 0 Å². The molecule has 4 heteroatoms. The number of nitrogen functional groups attached to an aromatic ring is 1. The summed E-state index contributed by atoms with van der Waals surface area (Å²) in [6, 6.07) is 10.8. The minimum absolute atomic E-state index is 0.328. The number of aryl methyl sites for hydroxylation is 1. The molecular weight excluding hydrogens is 224 g/mol. The lowest BCUT2D eigenvalue weighted by molar-refractivity contribution is 0.699. The third kappa shape index (κ3) is 3.73. The fourth-order valence-corrected chi connectivity index (χ4v) is 1.73. The standard InChI is InChI=1S/C14H18N4/c1-11(7-8-12-5-3-2-4-6-12)18-14-16-9-13(15)10-17-14/h2-6,9-11H,7-8,15H2,1H3,(H,16,17,18). The highest BCUT2D eigenvalue weighted by Crippen LogP contribution is 2.08. The summed E-state index contributed by atoms with van der Waals surface area (Å²) in [4.78, 5) is 8.25. The van der Waals surface area contributed by atoms with Crippen LogP contribution in [0.15, 0.2) is 42.7 Å². The van der Waals surface area contributed by atoms with E-state index in [0.29, 0.717) is 17.7 Å². The van der Waals surface area contributed by atoms with Crippen molar-refractivity contribution in [1.82, 2.24) is 9.97 Å². The van der Waals surface area contributed by atoms with Crippen LogP contribution in [0, 0.1) is 0 Å². The fourth-order valence-electron chi connectivity index (χ4n) is 1.73. The number of anilines is 2. The van der Waals surface area contributed by atoms with Crippen molar-refractivity contribution in [3.8, 4) is 0 Å². The molecule has 4 nitrogen and oxygen atoms in total. The minimum Gasteiger partial charge on any atom is -0.396 e. The van der Waals surface area contributed by atoms with Gasteiger partial charge < -0.3 is 11.1 Å². The van der Waals surface area contributed by atoms with Crippen molar-refractivity contribution in [3.05, 3.63) is 48.3 Å². The number of nitrogens with zero attached hydrogens (tertiary/aromatic N) is 2. The van der Waals surface area contributed by atoms with Crippen LogP contribution >= 0.6 is 0 Å². The Balaban J connectivity index is 1.82. The van der Waals surface area contributed by atoms with Gasteiger partial charge in [0, 0.05) is 6.04 Å². The van der Waals surface area contributed by atoms with E-state index in [-0.39, 0.29) is 0 Å². The molecule has 0 bridgehead atoms. The minimum atomic E-state index is 0.328. The third-order valence-electron chi connectivity index (χ3n) is 2.76. The van der Waals surface area contributed by atoms with E-state index in [1.807, 2.05) is 6.07 Å². The van der Waals surface area contributed by atoms with Crippen molar-refractivity contribution in [3.63, 3.8) is 0 Å². The lowest BCUT2D eigenvalue weighted by Gasteiger charge is -2.13. The van der Waals surface area contributed by atoms with Gasteiger partial charge in [-0.15, -0.1) is 0 Å². The zero-order chi connectivity index (χ0) is 12.8. The highest BCUT2D eigenvalue weighted by molar-refractivity contribution is 5.36. The van der Waals surface area contributed by atoms with Gasteiger partial charge >= 0.3 is 0 Å². The molecule has 0 aliphatic rings. The molecule has 3 N–H and O–H groups in total. The summed E-state index contributed by atoms with van der Waals surface area (Å²) in [5.41, 5.74) is 7.47. The SMILES string of the molecule is CC(CCc1ccccc1)Nc1ncc(N)cn1. The van der Waals surface area contributed by atoms with E-state index in [0.717, 1.165) is 12.8 Å². The van der Waals surface area contributed by atoms with Crippen molar-refractivity contribution in [2.45, 2.75) is 25.8 Å². The summed E-state index contributed by atoms with van der Waals surface area (Å²) in [5, 5.41) is 3.26. The molecule has 18 heavy (non-hydrogen) atoms. The van der Waals surface area contributed by atoms with Crippen molar-refractivity contribution >= 4 is 11.6 Å². The molecule has 1 heterocycles. The number of benzene rings is 1. The van der Waals surface area contributed by atoms with Gasteiger partial charge in [0.2, 0.25) is 5.95 Å². The first-order valence-corrected chi connectivity index (χ1v) is 6.12. The average molecular weight is 242 g/mol. The van der Waals surface area contributed by atoms with Gasteiger partial charge in [0.1, 0.15) is 0 Å². The van der Waals surface area contributed by atoms with E-state index in [2.05, 4.69) is 46.5 Å². The first-order valence-electron chi connectivity index (χ1n) is 6.12. The Morgan fingerprint density at radius 2 is 1.83 bits per heavy atom. The second-order valence-corrected chi connectivity index (χ2v) is 4.41. The van der Waals surface area contributed by atoms with Crippen LogP contribution in [0.3, 0.4) is 0 Å². The molecule has 1 unspecified atom stereocenters. The van der Waals surface area contributed by atoms with Gasteiger partial charge in [-0.05, 0) is 25.3 Å². The Bertz CT molecular complexity index is 467. The van der Waals surface area contributed by atoms with Crippen molar-refractivity contribution in [2.24, 2.45) is 0 Å². The van der Waals surface area contributed by atoms with E-state index in [1.54, 1.807) is 12.4 Å². The summed E-state index contributed by atoms with van der Waals surface area (Å²) in [6.45, 7) is 2.13. The number of rotatable bonds is 5. The van der Waals surface area contributed by atoms with Gasteiger partial charge in [-0.3, -0.25) is 0 Å². The predicted molar refractivity (Wildman–Crippen MR) is 74.3 cm³/mol. The molecule has 0 saturated carbocycles. The molecule has 0 fully saturated rings. The van der Waals surface area contributed by atoms with Gasteiger partial charge in [-0.25, -0.2) is 9.97 Å². The molecular formula is C14H18N4. The van der Waals surface area contributed by atoms with Crippen LogP contribution in [0.1, 0.15) is 18.9 Å². The number of aromatic nitrogens is 2. The smallest absolute Gasteiger partial charge is 0.222 e. The molecule has 1 aromatic carbocycles. The maximum Gasteiger partial charge on any atom is 0.222 e. The average Bonchev–Trinajstić information content (AvgIpc) is 2.40. The summed E-state index contributed by atoms with van der Waals surface area (Å²) < 4.78 is 0. The van der Waals surface area contributed by atoms with Gasteiger partial charge in [0.25, 0.3) is 0 Å². The molecule has 0 amide bonds. The molecule has 0 radical (unpaired) electrons. The van der Waals surface area contributed by atoms with Crippen LogP contribution < -0.4 is 11.1 Å². The highest BCUT2D eigenvalue weighted by Gasteiger charge is 2.04. The number of nitrogens with one attached hydrogen (secondary N) is 1. The molecule has 0 saturated heterocycles. The van der Waals surface area contributed by atoms with Crippen molar-refractivity contribution in [1.29, 1.82) is 0 Å². The second-order valence-electron chi connectivity index (χ2n) is 4.41. The molecule has 94 valence electrons. The van der Waals surface area contributed by atoms with E-state index >= 15 is 0 Å². The molecule has 2 aromatic rings. The van der Waals surface area contributed by atoms with Crippen molar-refractivity contribution in [2.75, 3.05) is 11.1 Å². The predicted octanol–water partition coefficient (Wildman–Crippen LogP) is 2.49. The Morgan fingerprint density at radius 3 is 2.50 bits per heavy atom. The zero-order valence-electron chi connectivity index (χ0n) is 10.5. The summed E-state index contributed by atoms with van der Waals surface area (Å²) >= 11 is 0. The zero-order valence-corrected chi connectivity index (χ0v) is 10.5. The molecule has 0 aliphatic heterocycles. The summed E-state index contributed by atoms with van der Waals surface area (Å²) in [5.74, 6) is 0.629. The quantitative estimate of drug-likeness (QED) is 0.845. The summed E-state index contributed by atoms with van der Waals surface area (Å²) in [6.07, 6.45) is 5.31.